The molecular formula is C19H21N3O3S. The average Bonchev–Trinajstić information content (AvgIpc) is 3.06. The van der Waals surface area contributed by atoms with Crippen LogP contribution < -0.4 is 9.47 Å². The normalized spacial score (nSPS) is 13.5. The minimum absolute atomic E-state index is 0.469. The van der Waals surface area contributed by atoms with Crippen molar-refractivity contribution in [3.8, 4) is 11.5 Å². The van der Waals surface area contributed by atoms with Crippen LogP contribution in [0.25, 0.3) is 12.2 Å². The first-order valence-corrected chi connectivity index (χ1v) is 9.39. The summed E-state index contributed by atoms with van der Waals surface area (Å²) in [4.78, 5) is 12.6. The highest BCUT2D eigenvalue weighted by molar-refractivity contribution is 7.15. The zero-order chi connectivity index (χ0) is 18.4. The highest BCUT2D eigenvalue weighted by Crippen LogP contribution is 2.44. The van der Waals surface area contributed by atoms with Crippen molar-refractivity contribution in [3.05, 3.63) is 39.6 Å². The van der Waals surface area contributed by atoms with Crippen molar-refractivity contribution in [1.29, 1.82) is 0 Å². The zero-order valence-corrected chi connectivity index (χ0v) is 15.7. The van der Waals surface area contributed by atoms with E-state index in [4.69, 9.17) is 9.47 Å². The lowest BCUT2D eigenvalue weighted by molar-refractivity contribution is 0.111. The van der Waals surface area contributed by atoms with E-state index in [2.05, 4.69) is 10.3 Å². The number of fused-ring (bicyclic) bond motifs is 1. The summed E-state index contributed by atoms with van der Waals surface area (Å²) in [6, 6.07) is 7.80. The Morgan fingerprint density at radius 1 is 1.04 bits per heavy atom. The van der Waals surface area contributed by atoms with Gasteiger partial charge in [-0.3, -0.25) is 9.80 Å². The fourth-order valence-electron chi connectivity index (χ4n) is 2.47. The SMILES string of the molecule is CCN(CC)N=Nc1ccc(/C=C/c2sc(C=O)c3c2OCCO3)cc1. The third-order valence-electron chi connectivity index (χ3n) is 3.89. The molecule has 2 aromatic rings. The van der Waals surface area contributed by atoms with Crippen molar-refractivity contribution in [2.45, 2.75) is 13.8 Å². The van der Waals surface area contributed by atoms with Crippen LogP contribution in [-0.4, -0.2) is 37.6 Å². The predicted molar refractivity (Wildman–Crippen MR) is 104 cm³/mol. The van der Waals surface area contributed by atoms with Crippen LogP contribution in [0.4, 0.5) is 5.69 Å². The van der Waals surface area contributed by atoms with E-state index in [9.17, 15) is 4.79 Å². The number of carbonyl (C=O) groups is 1. The van der Waals surface area contributed by atoms with Crippen LogP contribution >= 0.6 is 11.3 Å². The molecule has 0 fully saturated rings. The molecule has 0 unspecified atom stereocenters. The first-order chi connectivity index (χ1) is 12.7. The first kappa shape index (κ1) is 18.1. The fraction of sp³-hybridized carbons (Fsp3) is 0.316. The number of thiophene rings is 1. The minimum atomic E-state index is 0.469. The highest BCUT2D eigenvalue weighted by Gasteiger charge is 2.22. The molecule has 1 aromatic carbocycles. The molecule has 0 saturated heterocycles. The van der Waals surface area contributed by atoms with Gasteiger partial charge >= 0.3 is 0 Å². The smallest absolute Gasteiger partial charge is 0.183 e. The van der Waals surface area contributed by atoms with Crippen molar-refractivity contribution < 1.29 is 14.3 Å². The van der Waals surface area contributed by atoms with E-state index < -0.39 is 0 Å². The molecule has 26 heavy (non-hydrogen) atoms. The molecule has 0 radical (unpaired) electrons. The molecule has 1 aromatic heterocycles. The number of hydrogen-bond acceptors (Lipinski definition) is 6. The van der Waals surface area contributed by atoms with Gasteiger partial charge in [-0.25, -0.2) is 0 Å². The van der Waals surface area contributed by atoms with E-state index in [1.807, 2.05) is 55.3 Å². The standard InChI is InChI=1S/C19H21N3O3S/c1-3-22(4-2)21-20-15-8-5-14(6-9-15)7-10-16-18-19(17(13-23)26-16)25-12-11-24-18/h5-10,13H,3-4,11-12H2,1-2H3/b10-7+,21-20?. The van der Waals surface area contributed by atoms with Gasteiger partial charge in [-0.15, -0.1) is 16.5 Å². The van der Waals surface area contributed by atoms with E-state index in [-0.39, 0.29) is 0 Å². The number of carbonyl (C=O) groups excluding carboxylic acids is 1. The summed E-state index contributed by atoms with van der Waals surface area (Å²) in [5.41, 5.74) is 1.83. The van der Waals surface area contributed by atoms with Gasteiger partial charge in [-0.1, -0.05) is 23.4 Å². The molecule has 1 aliphatic rings. The maximum absolute atomic E-state index is 11.2. The lowest BCUT2D eigenvalue weighted by atomic mass is 10.2. The number of ether oxygens (including phenoxy) is 2. The topological polar surface area (TPSA) is 63.5 Å². The van der Waals surface area contributed by atoms with Crippen molar-refractivity contribution in [3.63, 3.8) is 0 Å². The van der Waals surface area contributed by atoms with Crippen LogP contribution in [0.5, 0.6) is 11.5 Å². The molecule has 0 amide bonds. The van der Waals surface area contributed by atoms with E-state index in [1.165, 1.54) is 11.3 Å². The Bertz CT molecular complexity index is 808. The number of nitrogens with zero attached hydrogens (tertiary/aromatic N) is 3. The van der Waals surface area contributed by atoms with Gasteiger partial charge in [0.15, 0.2) is 17.8 Å². The lowest BCUT2D eigenvalue weighted by Crippen LogP contribution is -2.15. The van der Waals surface area contributed by atoms with E-state index in [0.717, 1.165) is 35.5 Å². The molecular weight excluding hydrogens is 350 g/mol. The Morgan fingerprint density at radius 2 is 1.69 bits per heavy atom. The molecule has 136 valence electrons. The van der Waals surface area contributed by atoms with Gasteiger partial charge in [0.05, 0.1) is 10.6 Å². The van der Waals surface area contributed by atoms with Crippen molar-refractivity contribution in [2.75, 3.05) is 26.3 Å². The molecule has 0 saturated carbocycles. The molecule has 0 spiro atoms. The molecule has 7 heteroatoms. The Kier molecular flexibility index (Phi) is 6.01. The van der Waals surface area contributed by atoms with E-state index in [0.29, 0.717) is 29.6 Å². The second kappa shape index (κ2) is 8.62. The maximum atomic E-state index is 11.2. The summed E-state index contributed by atoms with van der Waals surface area (Å²) in [5.74, 6) is 1.22. The van der Waals surface area contributed by atoms with Crippen molar-refractivity contribution >= 4 is 35.5 Å². The average molecular weight is 371 g/mol. The van der Waals surface area contributed by atoms with Crippen LogP contribution in [-0.2, 0) is 0 Å². The summed E-state index contributed by atoms with van der Waals surface area (Å²) in [6.07, 6.45) is 4.73. The van der Waals surface area contributed by atoms with Gasteiger partial charge in [0.2, 0.25) is 0 Å². The second-order valence-electron chi connectivity index (χ2n) is 5.56. The molecule has 0 atom stereocenters. The number of rotatable bonds is 7. The minimum Gasteiger partial charge on any atom is -0.485 e. The Labute approximate surface area is 156 Å². The molecule has 0 bridgehead atoms. The monoisotopic (exact) mass is 371 g/mol. The van der Waals surface area contributed by atoms with Gasteiger partial charge in [0, 0.05) is 13.1 Å². The van der Waals surface area contributed by atoms with Gasteiger partial charge < -0.3 is 9.47 Å². The Morgan fingerprint density at radius 3 is 2.31 bits per heavy atom. The molecule has 0 N–H and O–H groups in total. The quantitative estimate of drug-likeness (QED) is 0.397. The molecule has 2 heterocycles. The Balaban J connectivity index is 1.73. The lowest BCUT2D eigenvalue weighted by Gasteiger charge is -2.15. The molecule has 3 rings (SSSR count). The summed E-state index contributed by atoms with van der Waals surface area (Å²) in [7, 11) is 0. The van der Waals surface area contributed by atoms with Crippen LogP contribution in [0.15, 0.2) is 34.6 Å². The van der Waals surface area contributed by atoms with E-state index in [1.54, 1.807) is 0 Å². The summed E-state index contributed by atoms with van der Waals surface area (Å²) in [5, 5.41) is 10.3. The third-order valence-corrected chi connectivity index (χ3v) is 4.94. The van der Waals surface area contributed by atoms with Crippen molar-refractivity contribution in [2.24, 2.45) is 10.3 Å². The van der Waals surface area contributed by atoms with Gasteiger partial charge in [0.1, 0.15) is 18.1 Å². The third kappa shape index (κ3) is 4.11. The summed E-state index contributed by atoms with van der Waals surface area (Å²) in [6.45, 7) is 6.72. The zero-order valence-electron chi connectivity index (χ0n) is 14.8. The van der Waals surface area contributed by atoms with Crippen LogP contribution in [0.3, 0.4) is 0 Å². The van der Waals surface area contributed by atoms with Crippen molar-refractivity contribution in [1.82, 2.24) is 5.01 Å². The molecule has 0 aliphatic carbocycles. The van der Waals surface area contributed by atoms with Crippen LogP contribution in [0.2, 0.25) is 0 Å². The Hall–Kier alpha value is -2.67. The summed E-state index contributed by atoms with van der Waals surface area (Å²) >= 11 is 1.37. The highest BCUT2D eigenvalue weighted by atomic mass is 32.1. The largest absolute Gasteiger partial charge is 0.485 e. The summed E-state index contributed by atoms with van der Waals surface area (Å²) < 4.78 is 11.2. The number of aldehydes is 1. The number of benzene rings is 1. The maximum Gasteiger partial charge on any atom is 0.183 e. The fourth-order valence-corrected chi connectivity index (χ4v) is 3.38. The van der Waals surface area contributed by atoms with Gasteiger partial charge in [-0.2, -0.15) is 0 Å². The van der Waals surface area contributed by atoms with Crippen LogP contribution in [0, 0.1) is 0 Å². The van der Waals surface area contributed by atoms with Gasteiger partial charge in [0.25, 0.3) is 0 Å². The molecule has 1 aliphatic heterocycles. The first-order valence-electron chi connectivity index (χ1n) is 8.57. The molecule has 6 nitrogen and oxygen atoms in total. The number of hydrogen-bond donors (Lipinski definition) is 0. The van der Waals surface area contributed by atoms with Gasteiger partial charge in [-0.05, 0) is 37.6 Å². The predicted octanol–water partition coefficient (Wildman–Crippen LogP) is 4.84. The van der Waals surface area contributed by atoms with E-state index >= 15 is 0 Å². The second-order valence-corrected chi connectivity index (χ2v) is 6.64. The van der Waals surface area contributed by atoms with Crippen LogP contribution in [0.1, 0.15) is 34.0 Å².